The molecule has 0 aliphatic carbocycles. The van der Waals surface area contributed by atoms with Crippen LogP contribution in [0.15, 0.2) is 36.4 Å². The van der Waals surface area contributed by atoms with Gasteiger partial charge in [-0.3, -0.25) is 0 Å². The van der Waals surface area contributed by atoms with Crippen LogP contribution in [-0.2, 0) is 0 Å². The van der Waals surface area contributed by atoms with Crippen LogP contribution in [0.4, 0.5) is 4.39 Å². The van der Waals surface area contributed by atoms with Gasteiger partial charge in [-0.1, -0.05) is 42.3 Å². The van der Waals surface area contributed by atoms with Crippen molar-refractivity contribution in [3.63, 3.8) is 0 Å². The number of hydrogen-bond donors (Lipinski definition) is 1. The Labute approximate surface area is 135 Å². The van der Waals surface area contributed by atoms with Gasteiger partial charge in [-0.05, 0) is 55.3 Å². The van der Waals surface area contributed by atoms with Crippen molar-refractivity contribution in [3.05, 3.63) is 69.0 Å². The molecule has 112 valence electrons. The van der Waals surface area contributed by atoms with E-state index in [0.29, 0.717) is 15.6 Å². The zero-order valence-corrected chi connectivity index (χ0v) is 13.6. The van der Waals surface area contributed by atoms with Gasteiger partial charge in [0.05, 0.1) is 6.04 Å². The van der Waals surface area contributed by atoms with E-state index in [1.54, 1.807) is 12.1 Å². The highest BCUT2D eigenvalue weighted by molar-refractivity contribution is 6.31. The van der Waals surface area contributed by atoms with E-state index in [4.69, 9.17) is 23.2 Å². The minimum Gasteiger partial charge on any atom is -0.306 e. The molecule has 0 heterocycles. The van der Waals surface area contributed by atoms with Crippen LogP contribution in [0.1, 0.15) is 36.1 Å². The van der Waals surface area contributed by atoms with Crippen LogP contribution in [0.2, 0.25) is 10.0 Å². The molecule has 2 rings (SSSR count). The quantitative estimate of drug-likeness (QED) is 0.762. The van der Waals surface area contributed by atoms with Crippen LogP contribution in [-0.4, -0.2) is 6.54 Å². The average molecular weight is 326 g/mol. The van der Waals surface area contributed by atoms with Crippen LogP contribution in [0.25, 0.3) is 0 Å². The summed E-state index contributed by atoms with van der Waals surface area (Å²) in [6, 6.07) is 10.3. The summed E-state index contributed by atoms with van der Waals surface area (Å²) in [5, 5.41) is 4.43. The molecule has 1 nitrogen and oxygen atoms in total. The Bertz CT molecular complexity index is 608. The lowest BCUT2D eigenvalue weighted by atomic mass is 9.96. The van der Waals surface area contributed by atoms with E-state index in [0.717, 1.165) is 24.1 Å². The largest absolute Gasteiger partial charge is 0.306 e. The van der Waals surface area contributed by atoms with Gasteiger partial charge in [0.2, 0.25) is 0 Å². The van der Waals surface area contributed by atoms with Gasteiger partial charge in [-0.2, -0.15) is 0 Å². The number of hydrogen-bond acceptors (Lipinski definition) is 1. The third-order valence-corrected chi connectivity index (χ3v) is 3.72. The predicted molar refractivity (Wildman–Crippen MR) is 87.7 cm³/mol. The lowest BCUT2D eigenvalue weighted by Crippen LogP contribution is -2.24. The Morgan fingerprint density at radius 2 is 1.86 bits per heavy atom. The highest BCUT2D eigenvalue weighted by Crippen LogP contribution is 2.29. The summed E-state index contributed by atoms with van der Waals surface area (Å²) in [6.07, 6.45) is 0.964. The fourth-order valence-electron chi connectivity index (χ4n) is 2.36. The van der Waals surface area contributed by atoms with E-state index in [9.17, 15) is 4.39 Å². The third-order valence-electron chi connectivity index (χ3n) is 3.27. The molecule has 1 unspecified atom stereocenters. The standard InChI is InChI=1S/C17H18Cl2FN/c1-3-6-21-17(12-7-11(2)8-14(19)9-12)15-5-4-13(18)10-16(15)20/h4-5,7-10,17,21H,3,6H2,1-2H3. The summed E-state index contributed by atoms with van der Waals surface area (Å²) in [7, 11) is 0. The second-order valence-electron chi connectivity index (χ2n) is 5.11. The van der Waals surface area contributed by atoms with Crippen molar-refractivity contribution < 1.29 is 4.39 Å². The second kappa shape index (κ2) is 7.26. The summed E-state index contributed by atoms with van der Waals surface area (Å²) in [5.74, 6) is -0.311. The molecular weight excluding hydrogens is 308 g/mol. The molecule has 2 aromatic carbocycles. The van der Waals surface area contributed by atoms with Crippen molar-refractivity contribution in [2.45, 2.75) is 26.3 Å². The molecule has 0 amide bonds. The van der Waals surface area contributed by atoms with Crippen molar-refractivity contribution >= 4 is 23.2 Å². The molecule has 0 fully saturated rings. The Hall–Kier alpha value is -1.09. The normalized spacial score (nSPS) is 12.4. The minimum absolute atomic E-state index is 0.236. The summed E-state index contributed by atoms with van der Waals surface area (Å²) >= 11 is 12.0. The Morgan fingerprint density at radius 3 is 2.48 bits per heavy atom. The lowest BCUT2D eigenvalue weighted by molar-refractivity contribution is 0.546. The summed E-state index contributed by atoms with van der Waals surface area (Å²) < 4.78 is 14.3. The molecule has 0 bridgehead atoms. The van der Waals surface area contributed by atoms with Gasteiger partial charge >= 0.3 is 0 Å². The zero-order chi connectivity index (χ0) is 15.4. The maximum Gasteiger partial charge on any atom is 0.129 e. The number of nitrogens with one attached hydrogen (secondary N) is 1. The molecule has 0 saturated heterocycles. The highest BCUT2D eigenvalue weighted by Gasteiger charge is 2.18. The van der Waals surface area contributed by atoms with Gasteiger partial charge in [-0.25, -0.2) is 4.39 Å². The van der Waals surface area contributed by atoms with Crippen molar-refractivity contribution in [3.8, 4) is 0 Å². The van der Waals surface area contributed by atoms with E-state index >= 15 is 0 Å². The molecule has 0 saturated carbocycles. The monoisotopic (exact) mass is 325 g/mol. The van der Waals surface area contributed by atoms with E-state index in [1.807, 2.05) is 25.1 Å². The molecule has 21 heavy (non-hydrogen) atoms. The molecule has 0 radical (unpaired) electrons. The van der Waals surface area contributed by atoms with Crippen LogP contribution in [0.3, 0.4) is 0 Å². The van der Waals surface area contributed by atoms with Crippen LogP contribution in [0, 0.1) is 12.7 Å². The summed E-state index contributed by atoms with van der Waals surface area (Å²) in [6.45, 7) is 4.84. The maximum atomic E-state index is 14.3. The van der Waals surface area contributed by atoms with Crippen molar-refractivity contribution in [1.82, 2.24) is 5.32 Å². The average Bonchev–Trinajstić information content (AvgIpc) is 2.40. The molecule has 2 aromatic rings. The highest BCUT2D eigenvalue weighted by atomic mass is 35.5. The molecule has 0 spiro atoms. The number of halogens is 3. The zero-order valence-electron chi connectivity index (χ0n) is 12.1. The molecule has 1 N–H and O–H groups in total. The van der Waals surface area contributed by atoms with E-state index in [-0.39, 0.29) is 11.9 Å². The van der Waals surface area contributed by atoms with Crippen LogP contribution in [0.5, 0.6) is 0 Å². The summed E-state index contributed by atoms with van der Waals surface area (Å²) in [5.41, 5.74) is 2.58. The van der Waals surface area contributed by atoms with Crippen LogP contribution >= 0.6 is 23.2 Å². The molecule has 4 heteroatoms. The van der Waals surface area contributed by atoms with E-state index < -0.39 is 0 Å². The lowest BCUT2D eigenvalue weighted by Gasteiger charge is -2.21. The first-order valence-electron chi connectivity index (χ1n) is 6.96. The Kier molecular flexibility index (Phi) is 5.63. The first kappa shape index (κ1) is 16.3. The SMILES string of the molecule is CCCNC(c1cc(C)cc(Cl)c1)c1ccc(Cl)cc1F. The molecular formula is C17H18Cl2FN. The second-order valence-corrected chi connectivity index (χ2v) is 5.99. The Morgan fingerprint density at radius 1 is 1.10 bits per heavy atom. The number of aryl methyl sites for hydroxylation is 1. The molecule has 0 aliphatic rings. The molecule has 0 aromatic heterocycles. The fourth-order valence-corrected chi connectivity index (χ4v) is 2.82. The van der Waals surface area contributed by atoms with Crippen molar-refractivity contribution in [2.75, 3.05) is 6.54 Å². The van der Waals surface area contributed by atoms with Gasteiger partial charge in [0, 0.05) is 15.6 Å². The Balaban J connectivity index is 2.46. The van der Waals surface area contributed by atoms with Gasteiger partial charge in [-0.15, -0.1) is 0 Å². The van der Waals surface area contributed by atoms with Crippen molar-refractivity contribution in [2.24, 2.45) is 0 Å². The number of benzene rings is 2. The van der Waals surface area contributed by atoms with Crippen molar-refractivity contribution in [1.29, 1.82) is 0 Å². The predicted octanol–water partition coefficient (Wildman–Crippen LogP) is 5.53. The van der Waals surface area contributed by atoms with E-state index in [2.05, 4.69) is 12.2 Å². The minimum atomic E-state index is -0.311. The third kappa shape index (κ3) is 4.19. The molecule has 1 atom stereocenters. The first-order chi connectivity index (χ1) is 10.0. The maximum absolute atomic E-state index is 14.3. The first-order valence-corrected chi connectivity index (χ1v) is 7.72. The van der Waals surface area contributed by atoms with Crippen LogP contribution < -0.4 is 5.32 Å². The topological polar surface area (TPSA) is 12.0 Å². The van der Waals surface area contributed by atoms with Gasteiger partial charge in [0.15, 0.2) is 0 Å². The number of rotatable bonds is 5. The molecule has 0 aliphatic heterocycles. The van der Waals surface area contributed by atoms with Gasteiger partial charge in [0.1, 0.15) is 5.82 Å². The smallest absolute Gasteiger partial charge is 0.129 e. The fraction of sp³-hybridized carbons (Fsp3) is 0.294. The summed E-state index contributed by atoms with van der Waals surface area (Å²) in [4.78, 5) is 0. The van der Waals surface area contributed by atoms with E-state index in [1.165, 1.54) is 6.07 Å². The van der Waals surface area contributed by atoms with Gasteiger partial charge in [0.25, 0.3) is 0 Å². The van der Waals surface area contributed by atoms with Gasteiger partial charge < -0.3 is 5.32 Å².